The Kier molecular flexibility index (Phi) is 9.70. The van der Waals surface area contributed by atoms with Crippen molar-refractivity contribution in [1.29, 1.82) is 0 Å². The molecule has 27 heavy (non-hydrogen) atoms. The minimum absolute atomic E-state index is 0. The Hall–Kier alpha value is -1.18. The van der Waals surface area contributed by atoms with Crippen LogP contribution in [0.5, 0.6) is 0 Å². The Morgan fingerprint density at radius 1 is 1.19 bits per heavy atom. The second-order valence-corrected chi connectivity index (χ2v) is 7.52. The fraction of sp³-hybridized carbons (Fsp3) is 0.474. The van der Waals surface area contributed by atoms with Crippen LogP contribution in [-0.4, -0.2) is 46.9 Å². The van der Waals surface area contributed by atoms with Crippen LogP contribution in [0.2, 0.25) is 0 Å². The first-order valence-electron chi connectivity index (χ1n) is 8.83. The number of halogens is 2. The van der Waals surface area contributed by atoms with Gasteiger partial charge in [-0.05, 0) is 18.9 Å². The lowest BCUT2D eigenvalue weighted by Gasteiger charge is -2.35. The fourth-order valence-corrected chi connectivity index (χ4v) is 3.79. The Morgan fingerprint density at radius 3 is 2.37 bits per heavy atom. The number of hydrogen-bond donors (Lipinski definition) is 1. The van der Waals surface area contributed by atoms with Crippen LogP contribution in [0.15, 0.2) is 29.6 Å². The van der Waals surface area contributed by atoms with Crippen molar-refractivity contribution in [2.75, 3.05) is 26.2 Å². The second kappa shape index (κ2) is 11.0. The predicted molar refractivity (Wildman–Crippen MR) is 116 cm³/mol. The molecule has 5 nitrogen and oxygen atoms in total. The molecule has 0 aliphatic carbocycles. The zero-order valence-electron chi connectivity index (χ0n) is 15.8. The van der Waals surface area contributed by atoms with E-state index < -0.39 is 6.04 Å². The minimum atomic E-state index is -0.571. The first kappa shape index (κ1) is 23.9. The molecule has 150 valence electrons. The average molecular weight is 431 g/mol. The summed E-state index contributed by atoms with van der Waals surface area (Å²) >= 11 is 1.73. The molecule has 1 atom stereocenters. The number of rotatable bonds is 5. The molecule has 1 aliphatic heterocycles. The number of aryl methyl sites for hydroxylation is 2. The molecule has 8 heteroatoms. The van der Waals surface area contributed by atoms with Gasteiger partial charge in [-0.3, -0.25) is 9.69 Å². The van der Waals surface area contributed by atoms with Crippen LogP contribution in [0, 0.1) is 6.92 Å². The van der Waals surface area contributed by atoms with Gasteiger partial charge in [-0.2, -0.15) is 0 Å². The van der Waals surface area contributed by atoms with Crippen LogP contribution >= 0.6 is 36.2 Å². The predicted octanol–water partition coefficient (Wildman–Crippen LogP) is 3.20. The topological polar surface area (TPSA) is 62.5 Å². The highest BCUT2D eigenvalue weighted by molar-refractivity contribution is 7.09. The second-order valence-electron chi connectivity index (χ2n) is 6.58. The van der Waals surface area contributed by atoms with E-state index in [1.165, 1.54) is 10.6 Å². The maximum atomic E-state index is 12.7. The van der Waals surface area contributed by atoms with Gasteiger partial charge in [-0.1, -0.05) is 36.8 Å². The summed E-state index contributed by atoms with van der Waals surface area (Å²) in [6.45, 7) is 8.21. The lowest BCUT2D eigenvalue weighted by atomic mass is 10.0. The molecule has 0 radical (unpaired) electrons. The number of piperazine rings is 1. The largest absolute Gasteiger partial charge is 0.338 e. The third kappa shape index (κ3) is 6.16. The first-order valence-corrected chi connectivity index (χ1v) is 9.71. The third-order valence-corrected chi connectivity index (χ3v) is 5.72. The van der Waals surface area contributed by atoms with Gasteiger partial charge in [0.2, 0.25) is 5.91 Å². The van der Waals surface area contributed by atoms with Crippen molar-refractivity contribution < 1.29 is 4.79 Å². The lowest BCUT2D eigenvalue weighted by Crippen LogP contribution is -2.50. The van der Waals surface area contributed by atoms with Gasteiger partial charge in [0.1, 0.15) is 6.04 Å². The van der Waals surface area contributed by atoms with E-state index in [-0.39, 0.29) is 30.7 Å². The molecular formula is C19H28Cl2N4OS. The number of aromatic nitrogens is 1. The molecule has 1 saturated heterocycles. The monoisotopic (exact) mass is 430 g/mol. The molecule has 3 rings (SSSR count). The van der Waals surface area contributed by atoms with Crippen LogP contribution in [-0.2, 0) is 17.8 Å². The average Bonchev–Trinajstić information content (AvgIpc) is 3.09. The number of hydrogen-bond acceptors (Lipinski definition) is 5. The Morgan fingerprint density at radius 2 is 1.81 bits per heavy atom. The molecule has 1 fully saturated rings. The first-order chi connectivity index (χ1) is 12.1. The highest BCUT2D eigenvalue weighted by Gasteiger charge is 2.26. The van der Waals surface area contributed by atoms with Crippen LogP contribution in [0.1, 0.15) is 34.8 Å². The summed E-state index contributed by atoms with van der Waals surface area (Å²) in [7, 11) is 0. The summed E-state index contributed by atoms with van der Waals surface area (Å²) in [5.41, 5.74) is 9.37. The van der Waals surface area contributed by atoms with Crippen LogP contribution in [0.4, 0.5) is 0 Å². The molecule has 0 spiro atoms. The number of thiazole rings is 1. The SMILES string of the molecule is CCc1nc(CN2CCN(C(=O)C(N)c3ccc(C)cc3)CC2)cs1.Cl.Cl. The van der Waals surface area contributed by atoms with Gasteiger partial charge in [-0.15, -0.1) is 36.2 Å². The molecule has 1 aliphatic rings. The molecule has 0 bridgehead atoms. The molecular weight excluding hydrogens is 403 g/mol. The highest BCUT2D eigenvalue weighted by atomic mass is 35.5. The van der Waals surface area contributed by atoms with Crippen molar-refractivity contribution in [3.8, 4) is 0 Å². The van der Waals surface area contributed by atoms with E-state index >= 15 is 0 Å². The van der Waals surface area contributed by atoms with Crippen molar-refractivity contribution in [3.05, 3.63) is 51.5 Å². The molecule has 1 unspecified atom stereocenters. The molecule has 0 saturated carbocycles. The molecule has 1 amide bonds. The summed E-state index contributed by atoms with van der Waals surface area (Å²) in [5, 5.41) is 3.33. The molecule has 2 aromatic rings. The number of amides is 1. The van der Waals surface area contributed by atoms with E-state index in [0.29, 0.717) is 0 Å². The summed E-state index contributed by atoms with van der Waals surface area (Å²) in [5.74, 6) is 0.0189. The molecule has 1 aromatic heterocycles. The zero-order valence-corrected chi connectivity index (χ0v) is 18.2. The van der Waals surface area contributed by atoms with Crippen molar-refractivity contribution >= 4 is 42.1 Å². The van der Waals surface area contributed by atoms with Gasteiger partial charge in [-0.25, -0.2) is 4.98 Å². The van der Waals surface area contributed by atoms with Gasteiger partial charge >= 0.3 is 0 Å². The summed E-state index contributed by atoms with van der Waals surface area (Å²) in [6, 6.07) is 7.32. The number of benzene rings is 1. The van der Waals surface area contributed by atoms with Crippen molar-refractivity contribution in [3.63, 3.8) is 0 Å². The standard InChI is InChI=1S/C19H26N4OS.2ClH/c1-3-17-21-16(13-25-17)12-22-8-10-23(11-9-22)19(24)18(20)15-6-4-14(2)5-7-15;;/h4-7,13,18H,3,8-12,20H2,1-2H3;2*1H. The Labute approximate surface area is 177 Å². The molecule has 2 heterocycles. The maximum Gasteiger partial charge on any atom is 0.244 e. The van der Waals surface area contributed by atoms with Crippen LogP contribution in [0.25, 0.3) is 0 Å². The van der Waals surface area contributed by atoms with Crippen LogP contribution in [0.3, 0.4) is 0 Å². The normalized spacial score (nSPS) is 15.6. The van der Waals surface area contributed by atoms with E-state index in [4.69, 9.17) is 5.73 Å². The summed E-state index contributed by atoms with van der Waals surface area (Å²) < 4.78 is 0. The number of carbonyl (C=O) groups is 1. The van der Waals surface area contributed by atoms with E-state index in [1.807, 2.05) is 36.1 Å². The Bertz CT molecular complexity index is 715. The van der Waals surface area contributed by atoms with E-state index in [2.05, 4.69) is 22.2 Å². The van der Waals surface area contributed by atoms with E-state index in [9.17, 15) is 4.79 Å². The smallest absolute Gasteiger partial charge is 0.244 e. The van der Waals surface area contributed by atoms with E-state index in [1.54, 1.807) is 11.3 Å². The quantitative estimate of drug-likeness (QED) is 0.790. The van der Waals surface area contributed by atoms with Gasteiger partial charge in [0.25, 0.3) is 0 Å². The van der Waals surface area contributed by atoms with Crippen LogP contribution < -0.4 is 5.73 Å². The van der Waals surface area contributed by atoms with Crippen molar-refractivity contribution in [2.24, 2.45) is 5.73 Å². The zero-order chi connectivity index (χ0) is 17.8. The van der Waals surface area contributed by atoms with Crippen molar-refractivity contribution in [1.82, 2.24) is 14.8 Å². The fourth-order valence-electron chi connectivity index (χ4n) is 3.05. The van der Waals surface area contributed by atoms with Gasteiger partial charge in [0.05, 0.1) is 10.7 Å². The maximum absolute atomic E-state index is 12.7. The summed E-state index contributed by atoms with van der Waals surface area (Å²) in [6.07, 6.45) is 0.990. The highest BCUT2D eigenvalue weighted by Crippen LogP contribution is 2.17. The molecule has 2 N–H and O–H groups in total. The number of nitrogens with two attached hydrogens (primary N) is 1. The van der Waals surface area contributed by atoms with Gasteiger partial charge in [0, 0.05) is 38.1 Å². The minimum Gasteiger partial charge on any atom is -0.338 e. The molecule has 1 aromatic carbocycles. The van der Waals surface area contributed by atoms with E-state index in [0.717, 1.165) is 50.4 Å². The number of nitrogens with zero attached hydrogens (tertiary/aromatic N) is 3. The lowest BCUT2D eigenvalue weighted by molar-refractivity contribution is -0.134. The summed E-state index contributed by atoms with van der Waals surface area (Å²) in [4.78, 5) is 21.5. The number of carbonyl (C=O) groups excluding carboxylic acids is 1. The van der Waals surface area contributed by atoms with Gasteiger partial charge in [0.15, 0.2) is 0 Å². The van der Waals surface area contributed by atoms with Gasteiger partial charge < -0.3 is 10.6 Å². The third-order valence-electron chi connectivity index (χ3n) is 4.67. The Balaban J connectivity index is 0.00000182. The van der Waals surface area contributed by atoms with Crippen molar-refractivity contribution in [2.45, 2.75) is 32.9 Å².